The minimum Gasteiger partial charge on any atom is -0.443 e. The molecule has 2 aromatic carbocycles. The second-order valence-corrected chi connectivity index (χ2v) is 7.92. The van der Waals surface area contributed by atoms with E-state index in [4.69, 9.17) is 19.5 Å². The van der Waals surface area contributed by atoms with Crippen LogP contribution in [0.25, 0.3) is 0 Å². The van der Waals surface area contributed by atoms with Gasteiger partial charge in [-0.05, 0) is 42.7 Å². The van der Waals surface area contributed by atoms with Crippen molar-refractivity contribution in [2.75, 3.05) is 31.1 Å². The smallest absolute Gasteiger partial charge is 0.443 e. The Hall–Kier alpha value is -3.57. The minimum atomic E-state index is -0.643. The minimum absolute atomic E-state index is 0.171. The molecule has 2 heterocycles. The Morgan fingerprint density at radius 3 is 2.50 bits per heavy atom. The Kier molecular flexibility index (Phi) is 6.87. The van der Waals surface area contributed by atoms with Gasteiger partial charge in [0, 0.05) is 25.3 Å². The van der Waals surface area contributed by atoms with Crippen LogP contribution in [-0.2, 0) is 20.8 Å². The quantitative estimate of drug-likeness (QED) is 0.639. The fourth-order valence-electron chi connectivity index (χ4n) is 3.93. The maximum Gasteiger partial charge on any atom is 0.508 e. The van der Waals surface area contributed by atoms with Gasteiger partial charge in [0.1, 0.15) is 18.8 Å². The van der Waals surface area contributed by atoms with E-state index in [0.29, 0.717) is 31.5 Å². The first-order chi connectivity index (χ1) is 15.6. The highest BCUT2D eigenvalue weighted by Gasteiger charge is 2.34. The van der Waals surface area contributed by atoms with Crippen molar-refractivity contribution in [2.24, 2.45) is 0 Å². The number of hydrogen-bond acceptors (Lipinski definition) is 7. The molecule has 32 heavy (non-hydrogen) atoms. The maximum absolute atomic E-state index is 12.3. The highest BCUT2D eigenvalue weighted by molar-refractivity contribution is 5.89. The van der Waals surface area contributed by atoms with Crippen molar-refractivity contribution < 1.29 is 23.8 Å². The average molecular weight is 435 g/mol. The molecule has 0 spiro atoms. The number of nitriles is 1. The average Bonchev–Trinajstić information content (AvgIpc) is 3.19. The van der Waals surface area contributed by atoms with E-state index in [1.54, 1.807) is 29.2 Å². The van der Waals surface area contributed by atoms with Crippen molar-refractivity contribution in [3.8, 4) is 6.07 Å². The normalized spacial score (nSPS) is 19.3. The number of piperidine rings is 1. The number of ether oxygens (including phenoxy) is 3. The third kappa shape index (κ3) is 5.56. The zero-order valence-electron chi connectivity index (χ0n) is 17.7. The maximum atomic E-state index is 12.3. The molecule has 1 atom stereocenters. The van der Waals surface area contributed by atoms with Crippen LogP contribution < -0.4 is 4.90 Å². The summed E-state index contributed by atoms with van der Waals surface area (Å²) in [6, 6.07) is 18.4. The molecule has 2 aromatic rings. The first-order valence-corrected chi connectivity index (χ1v) is 10.7. The topological polar surface area (TPSA) is 92.1 Å². The Morgan fingerprint density at radius 1 is 1.09 bits per heavy atom. The monoisotopic (exact) mass is 435 g/mol. The van der Waals surface area contributed by atoms with E-state index in [2.05, 4.69) is 11.0 Å². The van der Waals surface area contributed by atoms with E-state index in [0.717, 1.165) is 24.3 Å². The summed E-state index contributed by atoms with van der Waals surface area (Å²) >= 11 is 0. The third-order valence-electron chi connectivity index (χ3n) is 5.64. The number of cyclic esters (lactones) is 1. The number of amides is 1. The van der Waals surface area contributed by atoms with Crippen LogP contribution in [0.1, 0.15) is 24.0 Å². The van der Waals surface area contributed by atoms with Crippen LogP contribution in [-0.4, -0.2) is 55.5 Å². The predicted octanol–water partition coefficient (Wildman–Crippen LogP) is 3.70. The molecule has 4 rings (SSSR count). The summed E-state index contributed by atoms with van der Waals surface area (Å²) in [5.41, 5.74) is 2.19. The first-order valence-electron chi connectivity index (χ1n) is 10.7. The summed E-state index contributed by atoms with van der Waals surface area (Å²) in [6.07, 6.45) is -0.00244. The van der Waals surface area contributed by atoms with E-state index < -0.39 is 6.16 Å². The Morgan fingerprint density at radius 2 is 1.81 bits per heavy atom. The number of hydrogen-bond donors (Lipinski definition) is 0. The number of likely N-dealkylation sites (tertiary alicyclic amines) is 1. The second kappa shape index (κ2) is 10.2. The van der Waals surface area contributed by atoms with Crippen LogP contribution >= 0.6 is 0 Å². The summed E-state index contributed by atoms with van der Waals surface area (Å²) in [5.74, 6) is 0. The van der Waals surface area contributed by atoms with Gasteiger partial charge in [-0.15, -0.1) is 0 Å². The highest BCUT2D eigenvalue weighted by atomic mass is 16.7. The Balaban J connectivity index is 1.18. The molecule has 8 heteroatoms. The van der Waals surface area contributed by atoms with E-state index in [-0.39, 0.29) is 24.9 Å². The molecule has 166 valence electrons. The first kappa shape index (κ1) is 21.7. The van der Waals surface area contributed by atoms with Gasteiger partial charge >= 0.3 is 12.2 Å². The molecule has 0 saturated carbocycles. The fraction of sp³-hybridized carbons (Fsp3) is 0.375. The lowest BCUT2D eigenvalue weighted by molar-refractivity contribution is -0.00783. The molecule has 0 bridgehead atoms. The van der Waals surface area contributed by atoms with Crippen LogP contribution in [0.5, 0.6) is 0 Å². The number of carbonyl (C=O) groups is 2. The number of carbonyl (C=O) groups excluding carboxylic acids is 2. The van der Waals surface area contributed by atoms with E-state index in [9.17, 15) is 9.59 Å². The van der Waals surface area contributed by atoms with Crippen LogP contribution in [0, 0.1) is 11.3 Å². The fourth-order valence-corrected chi connectivity index (χ4v) is 3.93. The van der Waals surface area contributed by atoms with Gasteiger partial charge in [0.15, 0.2) is 0 Å². The molecular formula is C24H25N3O5. The molecule has 2 saturated heterocycles. The van der Waals surface area contributed by atoms with Crippen molar-refractivity contribution in [3.63, 3.8) is 0 Å². The molecule has 2 aliphatic heterocycles. The summed E-state index contributed by atoms with van der Waals surface area (Å²) in [5, 5.41) is 8.92. The van der Waals surface area contributed by atoms with Gasteiger partial charge in [0.2, 0.25) is 0 Å². The molecule has 2 fully saturated rings. The van der Waals surface area contributed by atoms with Crippen LogP contribution in [0.4, 0.5) is 15.3 Å². The molecule has 0 unspecified atom stereocenters. The van der Waals surface area contributed by atoms with Crippen LogP contribution in [0.2, 0.25) is 0 Å². The SMILES string of the molecule is N#Cc1ccc(N2C[C@@H](CN3CCC(OC(=O)OCc4ccccc4)CC3)OC2=O)cc1. The zero-order chi connectivity index (χ0) is 22.3. The van der Waals surface area contributed by atoms with Gasteiger partial charge < -0.3 is 14.2 Å². The molecule has 0 aliphatic carbocycles. The second-order valence-electron chi connectivity index (χ2n) is 7.92. The lowest BCUT2D eigenvalue weighted by Gasteiger charge is -2.32. The Bertz CT molecular complexity index is 965. The van der Waals surface area contributed by atoms with E-state index >= 15 is 0 Å². The molecule has 2 aliphatic rings. The lowest BCUT2D eigenvalue weighted by atomic mass is 10.1. The van der Waals surface area contributed by atoms with Crippen molar-refractivity contribution in [2.45, 2.75) is 31.7 Å². The zero-order valence-corrected chi connectivity index (χ0v) is 17.7. The van der Waals surface area contributed by atoms with Crippen molar-refractivity contribution in [3.05, 3.63) is 65.7 Å². The standard InChI is InChI=1S/C24H25N3O5/c25-14-18-6-8-20(9-7-18)27-16-22(31-23(27)28)15-26-12-10-21(11-13-26)32-24(29)30-17-19-4-2-1-3-5-19/h1-9,21-22H,10-13,15-17H2/t22-/m1/s1. The summed E-state index contributed by atoms with van der Waals surface area (Å²) in [4.78, 5) is 28.0. The largest absolute Gasteiger partial charge is 0.508 e. The summed E-state index contributed by atoms with van der Waals surface area (Å²) < 4.78 is 16.2. The highest BCUT2D eigenvalue weighted by Crippen LogP contribution is 2.23. The summed E-state index contributed by atoms with van der Waals surface area (Å²) in [7, 11) is 0. The van der Waals surface area contributed by atoms with Gasteiger partial charge in [-0.3, -0.25) is 9.80 Å². The number of rotatable bonds is 6. The van der Waals surface area contributed by atoms with Gasteiger partial charge in [-0.2, -0.15) is 5.26 Å². The van der Waals surface area contributed by atoms with Crippen LogP contribution in [0.15, 0.2) is 54.6 Å². The van der Waals surface area contributed by atoms with Gasteiger partial charge in [-0.25, -0.2) is 9.59 Å². The number of benzene rings is 2. The van der Waals surface area contributed by atoms with E-state index in [1.165, 1.54) is 0 Å². The predicted molar refractivity (Wildman–Crippen MR) is 116 cm³/mol. The third-order valence-corrected chi connectivity index (χ3v) is 5.64. The molecule has 1 amide bonds. The van der Waals surface area contributed by atoms with Gasteiger partial charge in [0.05, 0.1) is 18.2 Å². The number of anilines is 1. The van der Waals surface area contributed by atoms with E-state index in [1.807, 2.05) is 30.3 Å². The molecule has 0 radical (unpaired) electrons. The molecule has 0 N–H and O–H groups in total. The van der Waals surface area contributed by atoms with Crippen molar-refractivity contribution >= 4 is 17.9 Å². The molecule has 0 aromatic heterocycles. The molecule has 8 nitrogen and oxygen atoms in total. The summed E-state index contributed by atoms with van der Waals surface area (Å²) in [6.45, 7) is 2.79. The van der Waals surface area contributed by atoms with Gasteiger partial charge in [0.25, 0.3) is 0 Å². The van der Waals surface area contributed by atoms with Crippen molar-refractivity contribution in [1.29, 1.82) is 5.26 Å². The Labute approximate surface area is 186 Å². The number of nitrogens with zero attached hydrogens (tertiary/aromatic N) is 3. The molecular weight excluding hydrogens is 410 g/mol. The van der Waals surface area contributed by atoms with Crippen molar-refractivity contribution in [1.82, 2.24) is 4.90 Å². The lowest BCUT2D eigenvalue weighted by Crippen LogP contribution is -2.42. The van der Waals surface area contributed by atoms with Crippen LogP contribution in [0.3, 0.4) is 0 Å². The van der Waals surface area contributed by atoms with Gasteiger partial charge in [-0.1, -0.05) is 30.3 Å².